The van der Waals surface area contributed by atoms with Gasteiger partial charge in [-0.3, -0.25) is 5.10 Å². The van der Waals surface area contributed by atoms with Crippen LogP contribution < -0.4 is 4.74 Å². The van der Waals surface area contributed by atoms with Gasteiger partial charge in [-0.2, -0.15) is 0 Å². The van der Waals surface area contributed by atoms with E-state index in [-0.39, 0.29) is 11.3 Å². The Labute approximate surface area is 91.7 Å². The summed E-state index contributed by atoms with van der Waals surface area (Å²) in [6.07, 6.45) is 0. The average Bonchev–Trinajstić information content (AvgIpc) is 2.64. The first-order valence-corrected chi connectivity index (χ1v) is 4.69. The molecule has 2 N–H and O–H groups in total. The standard InChI is InChI=1S/C11H10N2O3/c1-7-6-10(13-12-7)16-9-5-3-2-4-8(9)11(14)15/h2-6H,1H3,(H,12,13)(H,14,15). The zero-order chi connectivity index (χ0) is 11.5. The molecule has 0 bridgehead atoms. The molecule has 0 saturated heterocycles. The van der Waals surface area contributed by atoms with Gasteiger partial charge in [0, 0.05) is 11.8 Å². The number of hydrogen-bond donors (Lipinski definition) is 2. The third kappa shape index (κ3) is 2.03. The van der Waals surface area contributed by atoms with Crippen LogP contribution in [-0.2, 0) is 0 Å². The average molecular weight is 218 g/mol. The molecule has 82 valence electrons. The molecule has 0 fully saturated rings. The Hall–Kier alpha value is -2.30. The van der Waals surface area contributed by atoms with E-state index in [2.05, 4.69) is 10.2 Å². The minimum atomic E-state index is -1.03. The number of aromatic carboxylic acids is 1. The number of H-pyrrole nitrogens is 1. The maximum atomic E-state index is 10.9. The van der Waals surface area contributed by atoms with Crippen LogP contribution in [0.25, 0.3) is 0 Å². The first kappa shape index (κ1) is 10.2. The molecule has 0 amide bonds. The Morgan fingerprint density at radius 2 is 2.19 bits per heavy atom. The SMILES string of the molecule is Cc1cc(Oc2ccccc2C(=O)O)n[nH]1. The number of benzene rings is 1. The van der Waals surface area contributed by atoms with Crippen molar-refractivity contribution >= 4 is 5.97 Å². The molecule has 1 aromatic carbocycles. The number of para-hydroxylation sites is 1. The normalized spacial score (nSPS) is 10.1. The Morgan fingerprint density at radius 1 is 1.44 bits per heavy atom. The van der Waals surface area contributed by atoms with Gasteiger partial charge in [-0.15, -0.1) is 5.10 Å². The Bertz CT molecular complexity index is 519. The fourth-order valence-electron chi connectivity index (χ4n) is 1.29. The second-order valence-electron chi connectivity index (χ2n) is 3.29. The van der Waals surface area contributed by atoms with Gasteiger partial charge in [0.1, 0.15) is 11.3 Å². The molecule has 0 saturated carbocycles. The van der Waals surface area contributed by atoms with Crippen LogP contribution in [0, 0.1) is 6.92 Å². The van der Waals surface area contributed by atoms with Crippen molar-refractivity contribution in [2.24, 2.45) is 0 Å². The fourth-order valence-corrected chi connectivity index (χ4v) is 1.29. The summed E-state index contributed by atoms with van der Waals surface area (Å²) in [4.78, 5) is 10.9. The van der Waals surface area contributed by atoms with Gasteiger partial charge in [-0.25, -0.2) is 4.79 Å². The molecule has 0 atom stereocenters. The Kier molecular flexibility index (Phi) is 2.59. The number of aromatic amines is 1. The number of rotatable bonds is 3. The molecule has 0 aliphatic heterocycles. The van der Waals surface area contributed by atoms with E-state index in [1.165, 1.54) is 6.07 Å². The van der Waals surface area contributed by atoms with E-state index >= 15 is 0 Å². The van der Waals surface area contributed by atoms with Crippen molar-refractivity contribution in [3.63, 3.8) is 0 Å². The summed E-state index contributed by atoms with van der Waals surface area (Å²) >= 11 is 0. The van der Waals surface area contributed by atoms with Crippen LogP contribution in [0.1, 0.15) is 16.1 Å². The molecule has 5 nitrogen and oxygen atoms in total. The first-order chi connectivity index (χ1) is 7.66. The monoisotopic (exact) mass is 218 g/mol. The van der Waals surface area contributed by atoms with E-state index in [9.17, 15) is 4.79 Å². The lowest BCUT2D eigenvalue weighted by molar-refractivity contribution is 0.0694. The molecule has 0 spiro atoms. The summed E-state index contributed by atoms with van der Waals surface area (Å²) in [5.41, 5.74) is 0.964. The van der Waals surface area contributed by atoms with Gasteiger partial charge in [-0.1, -0.05) is 12.1 Å². The summed E-state index contributed by atoms with van der Waals surface area (Å²) < 4.78 is 5.37. The van der Waals surface area contributed by atoms with Crippen LogP contribution in [0.4, 0.5) is 0 Å². The third-order valence-electron chi connectivity index (χ3n) is 2.01. The van der Waals surface area contributed by atoms with Crippen molar-refractivity contribution in [1.82, 2.24) is 10.2 Å². The van der Waals surface area contributed by atoms with E-state index in [1.54, 1.807) is 24.3 Å². The first-order valence-electron chi connectivity index (χ1n) is 4.69. The van der Waals surface area contributed by atoms with Gasteiger partial charge in [0.15, 0.2) is 0 Å². The summed E-state index contributed by atoms with van der Waals surface area (Å²) in [5.74, 6) is -0.393. The molecule has 1 aromatic heterocycles. The number of carboxylic acid groups (broad SMARTS) is 1. The molecule has 0 radical (unpaired) electrons. The van der Waals surface area contributed by atoms with E-state index < -0.39 is 5.97 Å². The predicted molar refractivity (Wildman–Crippen MR) is 56.8 cm³/mol. The second-order valence-corrected chi connectivity index (χ2v) is 3.29. The van der Waals surface area contributed by atoms with Crippen LogP contribution in [0.5, 0.6) is 11.6 Å². The second kappa shape index (κ2) is 4.06. The predicted octanol–water partition coefficient (Wildman–Crippen LogP) is 2.21. The molecular formula is C11H10N2O3. The lowest BCUT2D eigenvalue weighted by Crippen LogP contribution is -1.99. The zero-order valence-corrected chi connectivity index (χ0v) is 8.60. The highest BCUT2D eigenvalue weighted by atomic mass is 16.5. The van der Waals surface area contributed by atoms with Crippen molar-refractivity contribution in [3.8, 4) is 11.6 Å². The van der Waals surface area contributed by atoms with Crippen LogP contribution >= 0.6 is 0 Å². The van der Waals surface area contributed by atoms with E-state index in [4.69, 9.17) is 9.84 Å². The summed E-state index contributed by atoms with van der Waals surface area (Å²) in [6, 6.07) is 8.12. The maximum absolute atomic E-state index is 10.9. The quantitative estimate of drug-likeness (QED) is 0.828. The van der Waals surface area contributed by atoms with Crippen molar-refractivity contribution in [2.75, 3.05) is 0 Å². The number of nitrogens with zero attached hydrogens (tertiary/aromatic N) is 1. The van der Waals surface area contributed by atoms with Crippen molar-refractivity contribution in [3.05, 3.63) is 41.6 Å². The smallest absolute Gasteiger partial charge is 0.339 e. The minimum Gasteiger partial charge on any atom is -0.478 e. The fraction of sp³-hybridized carbons (Fsp3) is 0.0909. The minimum absolute atomic E-state index is 0.114. The number of aryl methyl sites for hydroxylation is 1. The summed E-state index contributed by atoms with van der Waals surface area (Å²) in [6.45, 7) is 1.84. The number of carbonyl (C=O) groups is 1. The van der Waals surface area contributed by atoms with Gasteiger partial charge < -0.3 is 9.84 Å². The molecule has 0 unspecified atom stereocenters. The third-order valence-corrected chi connectivity index (χ3v) is 2.01. The van der Waals surface area contributed by atoms with Gasteiger partial charge in [-0.05, 0) is 19.1 Å². The highest BCUT2D eigenvalue weighted by molar-refractivity contribution is 5.90. The van der Waals surface area contributed by atoms with E-state index in [0.29, 0.717) is 5.88 Å². The molecular weight excluding hydrogens is 208 g/mol. The van der Waals surface area contributed by atoms with E-state index in [0.717, 1.165) is 5.69 Å². The zero-order valence-electron chi connectivity index (χ0n) is 8.60. The molecule has 2 aromatic rings. The van der Waals surface area contributed by atoms with Gasteiger partial charge in [0.05, 0.1) is 0 Å². The molecule has 0 aliphatic rings. The van der Waals surface area contributed by atoms with Crippen LogP contribution in [0.3, 0.4) is 0 Å². The van der Waals surface area contributed by atoms with Crippen LogP contribution in [0.15, 0.2) is 30.3 Å². The number of ether oxygens (including phenoxy) is 1. The topological polar surface area (TPSA) is 75.2 Å². The highest BCUT2D eigenvalue weighted by Crippen LogP contribution is 2.23. The lowest BCUT2D eigenvalue weighted by atomic mass is 10.2. The number of nitrogens with one attached hydrogen (secondary N) is 1. The molecule has 1 heterocycles. The van der Waals surface area contributed by atoms with Crippen LogP contribution in [0.2, 0.25) is 0 Å². The lowest BCUT2D eigenvalue weighted by Gasteiger charge is -2.04. The highest BCUT2D eigenvalue weighted by Gasteiger charge is 2.11. The Morgan fingerprint density at radius 3 is 2.81 bits per heavy atom. The maximum Gasteiger partial charge on any atom is 0.339 e. The molecule has 2 rings (SSSR count). The van der Waals surface area contributed by atoms with Crippen LogP contribution in [-0.4, -0.2) is 21.3 Å². The van der Waals surface area contributed by atoms with Crippen molar-refractivity contribution in [2.45, 2.75) is 6.92 Å². The largest absolute Gasteiger partial charge is 0.478 e. The Balaban J connectivity index is 2.31. The number of hydrogen-bond acceptors (Lipinski definition) is 3. The number of carboxylic acids is 1. The molecule has 16 heavy (non-hydrogen) atoms. The van der Waals surface area contributed by atoms with Gasteiger partial charge in [0.25, 0.3) is 0 Å². The summed E-state index contributed by atoms with van der Waals surface area (Å²) in [7, 11) is 0. The van der Waals surface area contributed by atoms with Gasteiger partial charge in [0.2, 0.25) is 5.88 Å². The molecule has 5 heteroatoms. The van der Waals surface area contributed by atoms with E-state index in [1.807, 2.05) is 6.92 Å². The van der Waals surface area contributed by atoms with Crippen molar-refractivity contribution in [1.29, 1.82) is 0 Å². The van der Waals surface area contributed by atoms with Gasteiger partial charge >= 0.3 is 5.97 Å². The summed E-state index contributed by atoms with van der Waals surface area (Å²) in [5, 5.41) is 15.5. The molecule has 0 aliphatic carbocycles. The number of aromatic nitrogens is 2. The van der Waals surface area contributed by atoms with Crippen molar-refractivity contribution < 1.29 is 14.6 Å².